The van der Waals surface area contributed by atoms with E-state index in [1.807, 2.05) is 0 Å². The van der Waals surface area contributed by atoms with Crippen LogP contribution in [0.25, 0.3) is 0 Å². The van der Waals surface area contributed by atoms with Gasteiger partial charge in [-0.1, -0.05) is 19.3 Å². The Morgan fingerprint density at radius 1 is 1.26 bits per heavy atom. The van der Waals surface area contributed by atoms with Gasteiger partial charge in [0.15, 0.2) is 0 Å². The van der Waals surface area contributed by atoms with E-state index in [0.29, 0.717) is 13.1 Å². The molecule has 0 saturated heterocycles. The van der Waals surface area contributed by atoms with Crippen LogP contribution in [0.15, 0.2) is 0 Å². The Morgan fingerprint density at radius 2 is 1.89 bits per heavy atom. The molecule has 0 aromatic rings. The predicted octanol–water partition coefficient (Wildman–Crippen LogP) is 1.06. The summed E-state index contributed by atoms with van der Waals surface area (Å²) in [5, 5.41) is 13.0. The molecule has 2 N–H and O–H groups in total. The Bertz CT molecular complexity index is 312. The van der Waals surface area contributed by atoms with Gasteiger partial charge in [-0.25, -0.2) is 0 Å². The van der Waals surface area contributed by atoms with Gasteiger partial charge in [0.25, 0.3) is 0 Å². The topological polar surface area (TPSA) is 69.6 Å². The minimum Gasteiger partial charge on any atom is -0.389 e. The lowest BCUT2D eigenvalue weighted by atomic mass is 9.82. The number of carbonyl (C=O) groups is 2. The van der Waals surface area contributed by atoms with Gasteiger partial charge in [-0.2, -0.15) is 0 Å². The molecule has 0 bridgehead atoms. The van der Waals surface area contributed by atoms with Crippen molar-refractivity contribution >= 4 is 11.8 Å². The maximum Gasteiger partial charge on any atom is 0.225 e. The summed E-state index contributed by atoms with van der Waals surface area (Å²) < 4.78 is 0. The molecule has 110 valence electrons. The monoisotopic (exact) mass is 270 g/mol. The number of rotatable bonds is 6. The fraction of sp³-hybridized carbons (Fsp3) is 0.857. The summed E-state index contributed by atoms with van der Waals surface area (Å²) in [5.74, 6) is -0.0577. The lowest BCUT2D eigenvalue weighted by Crippen LogP contribution is -2.40. The molecular weight excluding hydrogens is 244 g/mol. The van der Waals surface area contributed by atoms with Gasteiger partial charge in [0, 0.05) is 27.1 Å². The summed E-state index contributed by atoms with van der Waals surface area (Å²) in [5.41, 5.74) is -0.790. The van der Waals surface area contributed by atoms with Gasteiger partial charge in [-0.15, -0.1) is 0 Å². The van der Waals surface area contributed by atoms with E-state index < -0.39 is 5.60 Å². The van der Waals surface area contributed by atoms with Crippen molar-refractivity contribution in [2.45, 2.75) is 57.5 Å². The fourth-order valence-electron chi connectivity index (χ4n) is 2.51. The summed E-state index contributed by atoms with van der Waals surface area (Å²) in [6, 6.07) is 0. The number of nitrogens with zero attached hydrogens (tertiary/aromatic N) is 1. The van der Waals surface area contributed by atoms with Crippen LogP contribution in [0.1, 0.15) is 51.9 Å². The number of carbonyl (C=O) groups excluding carboxylic acids is 2. The molecule has 1 aliphatic carbocycles. The molecule has 2 amide bonds. The highest BCUT2D eigenvalue weighted by Gasteiger charge is 2.32. The fourth-order valence-corrected chi connectivity index (χ4v) is 2.51. The third kappa shape index (κ3) is 6.05. The standard InChI is InChI=1S/C14H26N2O3/c1-12(17)15-9-6-10-16(2)13(18)11-14(19)7-4-3-5-8-14/h19H,3-11H2,1-2H3,(H,15,17). The number of nitrogens with one attached hydrogen (secondary N) is 1. The zero-order valence-corrected chi connectivity index (χ0v) is 12.1. The van der Waals surface area contributed by atoms with Crippen LogP contribution in [0.4, 0.5) is 0 Å². The second-order valence-electron chi connectivity index (χ2n) is 5.61. The Labute approximate surface area is 115 Å². The van der Waals surface area contributed by atoms with Crippen LogP contribution >= 0.6 is 0 Å². The van der Waals surface area contributed by atoms with Crippen LogP contribution in [-0.2, 0) is 9.59 Å². The molecule has 0 unspecified atom stereocenters. The summed E-state index contributed by atoms with van der Waals surface area (Å²) in [7, 11) is 1.75. The zero-order valence-electron chi connectivity index (χ0n) is 12.1. The summed E-state index contributed by atoms with van der Waals surface area (Å²) in [6.07, 6.45) is 5.61. The first kappa shape index (κ1) is 16.0. The molecule has 0 radical (unpaired) electrons. The van der Waals surface area contributed by atoms with Crippen molar-refractivity contribution in [3.63, 3.8) is 0 Å². The molecule has 5 nitrogen and oxygen atoms in total. The molecule has 0 heterocycles. The van der Waals surface area contributed by atoms with Crippen molar-refractivity contribution < 1.29 is 14.7 Å². The number of hydrogen-bond acceptors (Lipinski definition) is 3. The van der Waals surface area contributed by atoms with E-state index in [1.165, 1.54) is 6.92 Å². The summed E-state index contributed by atoms with van der Waals surface area (Å²) >= 11 is 0. The molecule has 1 rings (SSSR count). The third-order valence-electron chi connectivity index (χ3n) is 3.73. The maximum absolute atomic E-state index is 12.0. The SMILES string of the molecule is CC(=O)NCCCN(C)C(=O)CC1(O)CCCCC1. The first-order valence-electron chi connectivity index (χ1n) is 7.14. The lowest BCUT2D eigenvalue weighted by molar-refractivity contribution is -0.136. The van der Waals surface area contributed by atoms with Crippen LogP contribution in [0.5, 0.6) is 0 Å². The molecule has 1 fully saturated rings. The zero-order chi connectivity index (χ0) is 14.3. The Balaban J connectivity index is 2.25. The van der Waals surface area contributed by atoms with Gasteiger partial charge in [-0.05, 0) is 19.3 Å². The molecular formula is C14H26N2O3. The first-order valence-corrected chi connectivity index (χ1v) is 7.14. The minimum absolute atomic E-state index is 0.00720. The van der Waals surface area contributed by atoms with E-state index in [9.17, 15) is 14.7 Å². The van der Waals surface area contributed by atoms with Crippen molar-refractivity contribution in [1.29, 1.82) is 0 Å². The van der Waals surface area contributed by atoms with E-state index in [4.69, 9.17) is 0 Å². The second-order valence-corrected chi connectivity index (χ2v) is 5.61. The van der Waals surface area contributed by atoms with Crippen molar-refractivity contribution in [1.82, 2.24) is 10.2 Å². The number of amides is 2. The van der Waals surface area contributed by atoms with Gasteiger partial charge >= 0.3 is 0 Å². The highest BCUT2D eigenvalue weighted by atomic mass is 16.3. The Morgan fingerprint density at radius 3 is 2.47 bits per heavy atom. The molecule has 0 spiro atoms. The molecule has 5 heteroatoms. The van der Waals surface area contributed by atoms with E-state index in [1.54, 1.807) is 11.9 Å². The highest BCUT2D eigenvalue weighted by molar-refractivity contribution is 5.77. The Kier molecular flexibility index (Phi) is 6.28. The highest BCUT2D eigenvalue weighted by Crippen LogP contribution is 2.31. The number of aliphatic hydroxyl groups is 1. The van der Waals surface area contributed by atoms with Gasteiger partial charge in [0.2, 0.25) is 11.8 Å². The van der Waals surface area contributed by atoms with Gasteiger partial charge in [-0.3, -0.25) is 9.59 Å². The van der Waals surface area contributed by atoms with E-state index in [0.717, 1.165) is 38.5 Å². The predicted molar refractivity (Wildman–Crippen MR) is 73.6 cm³/mol. The van der Waals surface area contributed by atoms with Gasteiger partial charge in [0.05, 0.1) is 12.0 Å². The van der Waals surface area contributed by atoms with Gasteiger partial charge in [0.1, 0.15) is 0 Å². The normalized spacial score (nSPS) is 17.8. The van der Waals surface area contributed by atoms with E-state index in [2.05, 4.69) is 5.32 Å². The lowest BCUT2D eigenvalue weighted by Gasteiger charge is -2.32. The largest absolute Gasteiger partial charge is 0.389 e. The molecule has 1 aliphatic rings. The maximum atomic E-state index is 12.0. The summed E-state index contributed by atoms with van der Waals surface area (Å²) in [4.78, 5) is 24.4. The average Bonchev–Trinajstić information content (AvgIpc) is 2.34. The molecule has 0 aromatic heterocycles. The minimum atomic E-state index is -0.790. The van der Waals surface area contributed by atoms with Crippen molar-refractivity contribution in [3.05, 3.63) is 0 Å². The third-order valence-corrected chi connectivity index (χ3v) is 3.73. The Hall–Kier alpha value is -1.10. The van der Waals surface area contributed by atoms with Crippen molar-refractivity contribution in [3.8, 4) is 0 Å². The van der Waals surface area contributed by atoms with Crippen LogP contribution < -0.4 is 5.32 Å². The first-order chi connectivity index (χ1) is 8.93. The molecule has 19 heavy (non-hydrogen) atoms. The summed E-state index contributed by atoms with van der Waals surface area (Å²) in [6.45, 7) is 2.67. The molecule has 0 aromatic carbocycles. The second kappa shape index (κ2) is 7.48. The van der Waals surface area contributed by atoms with Crippen molar-refractivity contribution in [2.75, 3.05) is 20.1 Å². The van der Waals surface area contributed by atoms with E-state index in [-0.39, 0.29) is 18.2 Å². The number of hydrogen-bond donors (Lipinski definition) is 2. The smallest absolute Gasteiger partial charge is 0.225 e. The average molecular weight is 270 g/mol. The van der Waals surface area contributed by atoms with E-state index >= 15 is 0 Å². The van der Waals surface area contributed by atoms with Crippen molar-refractivity contribution in [2.24, 2.45) is 0 Å². The molecule has 0 aliphatic heterocycles. The van der Waals surface area contributed by atoms with Crippen LogP contribution in [0.3, 0.4) is 0 Å². The van der Waals surface area contributed by atoms with Gasteiger partial charge < -0.3 is 15.3 Å². The molecule has 1 saturated carbocycles. The van der Waals surface area contributed by atoms with Crippen LogP contribution in [-0.4, -0.2) is 47.6 Å². The van der Waals surface area contributed by atoms with Crippen LogP contribution in [0.2, 0.25) is 0 Å². The molecule has 0 atom stereocenters. The van der Waals surface area contributed by atoms with Crippen LogP contribution in [0, 0.1) is 0 Å². The quantitative estimate of drug-likeness (QED) is 0.709.